The van der Waals surface area contributed by atoms with Crippen molar-refractivity contribution >= 4 is 10.9 Å². The SMILES string of the molecule is C=C.C=C/C(=C\C=C/C)[S+](C(/C=C\C)=C/C)c1ccccc1. The van der Waals surface area contributed by atoms with E-state index in [0.29, 0.717) is 0 Å². The molecule has 0 bridgehead atoms. The lowest BCUT2D eigenvalue weighted by molar-refractivity contribution is 1.44. The molecule has 0 nitrogen and oxygen atoms in total. The molecule has 0 aliphatic heterocycles. The van der Waals surface area contributed by atoms with E-state index in [1.54, 1.807) is 0 Å². The summed E-state index contributed by atoms with van der Waals surface area (Å²) in [6.07, 6.45) is 14.7. The number of hydrogen-bond donors (Lipinski definition) is 0. The van der Waals surface area contributed by atoms with E-state index in [4.69, 9.17) is 0 Å². The van der Waals surface area contributed by atoms with Crippen LogP contribution in [0.2, 0.25) is 0 Å². The molecule has 0 N–H and O–H groups in total. The second-order valence-electron chi connectivity index (χ2n) is 4.11. The first-order chi connectivity index (χ1) is 10.8. The van der Waals surface area contributed by atoms with Gasteiger partial charge in [0.2, 0.25) is 0 Å². The highest BCUT2D eigenvalue weighted by Crippen LogP contribution is 2.30. The summed E-state index contributed by atoms with van der Waals surface area (Å²) in [5, 5.41) is 0. The fraction of sp³-hybridized carbons (Fsp3) is 0.143. The van der Waals surface area contributed by atoms with Crippen molar-refractivity contribution in [3.8, 4) is 0 Å². The van der Waals surface area contributed by atoms with Crippen molar-refractivity contribution in [1.29, 1.82) is 0 Å². The first-order valence-corrected chi connectivity index (χ1v) is 8.54. The summed E-state index contributed by atoms with van der Waals surface area (Å²) in [4.78, 5) is 3.87. The van der Waals surface area contributed by atoms with E-state index >= 15 is 0 Å². The molecule has 22 heavy (non-hydrogen) atoms. The molecule has 1 rings (SSSR count). The molecule has 0 aromatic heterocycles. The molecule has 1 aromatic rings. The summed E-state index contributed by atoms with van der Waals surface area (Å²) in [5.41, 5.74) is 0. The van der Waals surface area contributed by atoms with E-state index in [1.807, 2.05) is 19.1 Å². The average Bonchev–Trinajstić information content (AvgIpc) is 2.59. The molecule has 0 radical (unpaired) electrons. The lowest BCUT2D eigenvalue weighted by Crippen LogP contribution is -2.06. The lowest BCUT2D eigenvalue weighted by Gasteiger charge is -2.08. The van der Waals surface area contributed by atoms with Crippen LogP contribution in [0.5, 0.6) is 0 Å². The van der Waals surface area contributed by atoms with Crippen LogP contribution in [0.1, 0.15) is 20.8 Å². The topological polar surface area (TPSA) is 0 Å². The van der Waals surface area contributed by atoms with Crippen molar-refractivity contribution in [3.05, 3.63) is 102 Å². The van der Waals surface area contributed by atoms with Gasteiger partial charge in [0.15, 0.2) is 14.7 Å². The molecule has 1 atom stereocenters. The van der Waals surface area contributed by atoms with Crippen LogP contribution in [0, 0.1) is 0 Å². The second kappa shape index (κ2) is 12.7. The van der Waals surface area contributed by atoms with Gasteiger partial charge in [0.05, 0.1) is 10.9 Å². The van der Waals surface area contributed by atoms with Crippen molar-refractivity contribution in [2.24, 2.45) is 0 Å². The quantitative estimate of drug-likeness (QED) is 0.316. The van der Waals surface area contributed by atoms with Gasteiger partial charge in [-0.3, -0.25) is 0 Å². The third-order valence-corrected chi connectivity index (χ3v) is 5.08. The highest BCUT2D eigenvalue weighted by Gasteiger charge is 2.29. The maximum atomic E-state index is 3.99. The summed E-state index contributed by atoms with van der Waals surface area (Å²) in [6, 6.07) is 10.6. The minimum absolute atomic E-state index is 0.0987. The van der Waals surface area contributed by atoms with E-state index in [2.05, 4.69) is 94.3 Å². The monoisotopic (exact) mass is 311 g/mol. The van der Waals surface area contributed by atoms with Gasteiger partial charge in [0.1, 0.15) is 0 Å². The van der Waals surface area contributed by atoms with Crippen LogP contribution in [0.3, 0.4) is 0 Å². The molecule has 0 saturated carbocycles. The molecule has 0 amide bonds. The van der Waals surface area contributed by atoms with Gasteiger partial charge in [-0.15, -0.1) is 13.2 Å². The number of allylic oxidation sites excluding steroid dienone is 7. The Hall–Kier alpha value is -1.99. The van der Waals surface area contributed by atoms with Crippen LogP contribution in [0.25, 0.3) is 0 Å². The van der Waals surface area contributed by atoms with Gasteiger partial charge < -0.3 is 0 Å². The van der Waals surface area contributed by atoms with Crippen LogP contribution < -0.4 is 0 Å². The van der Waals surface area contributed by atoms with Gasteiger partial charge >= 0.3 is 0 Å². The zero-order valence-electron chi connectivity index (χ0n) is 14.0. The molecule has 0 aliphatic carbocycles. The van der Waals surface area contributed by atoms with Crippen molar-refractivity contribution in [2.45, 2.75) is 25.7 Å². The summed E-state index contributed by atoms with van der Waals surface area (Å²) >= 11 is 0. The molecule has 116 valence electrons. The van der Waals surface area contributed by atoms with Gasteiger partial charge in [0.25, 0.3) is 0 Å². The summed E-state index contributed by atoms with van der Waals surface area (Å²) < 4.78 is 0. The van der Waals surface area contributed by atoms with Crippen molar-refractivity contribution in [1.82, 2.24) is 0 Å². The summed E-state index contributed by atoms with van der Waals surface area (Å²) in [5.74, 6) is 0. The average molecular weight is 312 g/mol. The molecule has 1 aromatic carbocycles. The first-order valence-electron chi connectivity index (χ1n) is 7.32. The fourth-order valence-corrected chi connectivity index (χ4v) is 3.96. The Morgan fingerprint density at radius 1 is 0.955 bits per heavy atom. The molecule has 1 heteroatoms. The van der Waals surface area contributed by atoms with E-state index in [1.165, 1.54) is 14.7 Å². The van der Waals surface area contributed by atoms with Crippen molar-refractivity contribution in [2.75, 3.05) is 0 Å². The zero-order chi connectivity index (χ0) is 16.8. The fourth-order valence-electron chi connectivity index (χ4n) is 1.82. The van der Waals surface area contributed by atoms with E-state index in [9.17, 15) is 0 Å². The van der Waals surface area contributed by atoms with Crippen LogP contribution in [0.15, 0.2) is 107 Å². The minimum Gasteiger partial charge on any atom is -0.106 e. The maximum Gasteiger partial charge on any atom is 0.166 e. The van der Waals surface area contributed by atoms with Crippen LogP contribution in [-0.2, 0) is 10.9 Å². The Morgan fingerprint density at radius 3 is 2.05 bits per heavy atom. The molecule has 0 aliphatic rings. The Morgan fingerprint density at radius 2 is 1.59 bits per heavy atom. The number of rotatable bonds is 6. The van der Waals surface area contributed by atoms with Gasteiger partial charge in [-0.05, 0) is 57.2 Å². The third-order valence-electron chi connectivity index (χ3n) is 2.72. The van der Waals surface area contributed by atoms with Crippen LogP contribution >= 0.6 is 0 Å². The van der Waals surface area contributed by atoms with E-state index < -0.39 is 0 Å². The number of benzene rings is 1. The standard InChI is InChI=1S/C19H23S.C2H4/c1-5-9-14-18(8-4)20(17(7-3)13-6-2)19-15-11-10-12-16-19;1-2/h5-16H,4H2,1-3H3;1-2H2/q+1;/b9-5-,13-6-,17-7+,18-14+;. The summed E-state index contributed by atoms with van der Waals surface area (Å²) in [6.45, 7) is 16.2. The Bertz CT molecular complexity index is 545. The van der Waals surface area contributed by atoms with Gasteiger partial charge in [-0.1, -0.05) is 43.0 Å². The molecule has 0 spiro atoms. The van der Waals surface area contributed by atoms with Crippen molar-refractivity contribution in [3.63, 3.8) is 0 Å². The normalized spacial score (nSPS) is 13.8. The van der Waals surface area contributed by atoms with Crippen LogP contribution in [0.4, 0.5) is 0 Å². The molecule has 0 heterocycles. The van der Waals surface area contributed by atoms with Gasteiger partial charge in [0, 0.05) is 0 Å². The molecule has 0 fully saturated rings. The summed E-state index contributed by atoms with van der Waals surface area (Å²) in [7, 11) is -0.0987. The predicted octanol–water partition coefficient (Wildman–Crippen LogP) is 6.59. The Kier molecular flexibility index (Phi) is 11.6. The molecule has 1 unspecified atom stereocenters. The molecule has 0 saturated heterocycles. The zero-order valence-corrected chi connectivity index (χ0v) is 14.8. The maximum absolute atomic E-state index is 3.99. The highest BCUT2D eigenvalue weighted by atomic mass is 32.2. The second-order valence-corrected chi connectivity index (χ2v) is 6.14. The van der Waals surface area contributed by atoms with E-state index in [0.717, 1.165) is 0 Å². The predicted molar refractivity (Wildman–Crippen MR) is 105 cm³/mol. The van der Waals surface area contributed by atoms with Crippen molar-refractivity contribution < 1.29 is 0 Å². The lowest BCUT2D eigenvalue weighted by atomic mass is 10.4. The van der Waals surface area contributed by atoms with Gasteiger partial charge in [-0.2, -0.15) is 0 Å². The van der Waals surface area contributed by atoms with Gasteiger partial charge in [-0.25, -0.2) is 0 Å². The Balaban J connectivity index is 0.00000211. The smallest absolute Gasteiger partial charge is 0.106 e. The molecular formula is C21H27S+. The minimum atomic E-state index is -0.0987. The highest BCUT2D eigenvalue weighted by molar-refractivity contribution is 8.04. The number of hydrogen-bond acceptors (Lipinski definition) is 0. The first kappa shape index (κ1) is 20.0. The van der Waals surface area contributed by atoms with Crippen LogP contribution in [-0.4, -0.2) is 0 Å². The largest absolute Gasteiger partial charge is 0.166 e. The Labute approximate surface area is 139 Å². The molecular weight excluding hydrogens is 284 g/mol. The van der Waals surface area contributed by atoms with E-state index in [-0.39, 0.29) is 10.9 Å². The third kappa shape index (κ3) is 6.19.